The molecule has 0 aliphatic rings. The van der Waals surface area contributed by atoms with E-state index in [9.17, 15) is 9.90 Å². The summed E-state index contributed by atoms with van der Waals surface area (Å²) in [4.78, 5) is 9.90. The molecule has 0 aliphatic heterocycles. The fourth-order valence-corrected chi connectivity index (χ4v) is 0.928. The molecule has 4 heteroatoms. The van der Waals surface area contributed by atoms with E-state index in [1.54, 1.807) is 0 Å². The second-order valence-electron chi connectivity index (χ2n) is 6.52. The molecule has 0 aromatic heterocycles. The van der Waals surface area contributed by atoms with Gasteiger partial charge >= 0.3 is 0 Å². The molecule has 0 aliphatic carbocycles. The van der Waals surface area contributed by atoms with Crippen LogP contribution in [0.4, 0.5) is 0 Å². The smallest absolute Gasteiger partial charge is 0.129 e. The van der Waals surface area contributed by atoms with Crippen molar-refractivity contribution in [1.82, 2.24) is 0 Å². The first-order valence-corrected chi connectivity index (χ1v) is 13.2. The van der Waals surface area contributed by atoms with Gasteiger partial charge in [0.25, 0.3) is 0 Å². The molecule has 0 saturated heterocycles. The highest BCUT2D eigenvalue weighted by Gasteiger charge is 2.11. The highest BCUT2D eigenvalue weighted by molar-refractivity contribution is 6.84. The van der Waals surface area contributed by atoms with Crippen molar-refractivity contribution in [2.24, 2.45) is 0 Å². The number of hydrogen-bond acceptors (Lipinski definition) is 2. The minimum atomic E-state index is -2.43. The maximum Gasteiger partial charge on any atom is 0.129 e. The first-order valence-electron chi connectivity index (χ1n) is 9.22. The predicted molar refractivity (Wildman–Crippen MR) is 96.0 cm³/mol. The lowest BCUT2D eigenvalue weighted by atomic mass is 10.2. The first-order chi connectivity index (χ1) is 11.0. The molecule has 1 unspecified atom stereocenters. The number of hydrogen-bond donors (Lipinski definition) is 1. The molecule has 0 amide bonds. The summed E-state index contributed by atoms with van der Waals surface area (Å²) in [5.41, 5.74) is 3.71. The fraction of sp³-hybridized carbons (Fsp3) is 0.688. The Morgan fingerprint density at radius 1 is 1.20 bits per heavy atom. The molecular weight excluding hydrogens is 280 g/mol. The van der Waals surface area contributed by atoms with Crippen LogP contribution in [0.25, 0.3) is 0 Å². The van der Waals surface area contributed by atoms with E-state index in [1.165, 1.54) is 6.92 Å². The van der Waals surface area contributed by atoms with Crippen LogP contribution in [0.1, 0.15) is 35.8 Å². The Morgan fingerprint density at radius 3 is 1.70 bits per heavy atom. The van der Waals surface area contributed by atoms with Crippen LogP contribution >= 0.6 is 0 Å². The number of ketones is 1. The summed E-state index contributed by atoms with van der Waals surface area (Å²) in [7, 11) is -2.72. The Kier molecular flexibility index (Phi) is 6.44. The molecule has 0 fully saturated rings. The van der Waals surface area contributed by atoms with Crippen LogP contribution in [-0.2, 0) is 4.79 Å². The molecule has 0 heterocycles. The monoisotopic (exact) mass is 318 g/mol. The van der Waals surface area contributed by atoms with Crippen molar-refractivity contribution >= 4 is 21.9 Å². The topological polar surface area (TPSA) is 37.3 Å². The summed E-state index contributed by atoms with van der Waals surface area (Å²) in [5.74, 6) is 1.69. The van der Waals surface area contributed by atoms with Crippen LogP contribution in [0.5, 0.6) is 0 Å². The zero-order valence-corrected chi connectivity index (χ0v) is 15.9. The molecule has 0 saturated carbocycles. The molecule has 0 aromatic carbocycles. The third-order valence-electron chi connectivity index (χ3n) is 1.11. The maximum absolute atomic E-state index is 9.90. The van der Waals surface area contributed by atoms with Crippen LogP contribution in [0.15, 0.2) is 0 Å². The van der Waals surface area contributed by atoms with Crippen molar-refractivity contribution in [1.29, 1.82) is 0 Å². The van der Waals surface area contributed by atoms with E-state index in [1.807, 2.05) is 19.6 Å². The lowest BCUT2D eigenvalue weighted by molar-refractivity contribution is -0.114. The summed E-state index contributed by atoms with van der Waals surface area (Å²) >= 11 is 0. The van der Waals surface area contributed by atoms with Crippen molar-refractivity contribution in [2.45, 2.75) is 72.4 Å². The van der Waals surface area contributed by atoms with E-state index in [2.05, 4.69) is 36.6 Å². The average Bonchev–Trinajstić information content (AvgIpc) is 2.34. The van der Waals surface area contributed by atoms with Gasteiger partial charge in [-0.25, -0.2) is 0 Å². The average molecular weight is 319 g/mol. The van der Waals surface area contributed by atoms with Crippen molar-refractivity contribution in [3.05, 3.63) is 0 Å². The normalized spacial score (nSPS) is 18.6. The van der Waals surface area contributed by atoms with E-state index < -0.39 is 41.2 Å². The summed E-state index contributed by atoms with van der Waals surface area (Å²) in [6, 6.07) is 0. The van der Waals surface area contributed by atoms with Crippen LogP contribution in [0.2, 0.25) is 39.3 Å². The van der Waals surface area contributed by atoms with Gasteiger partial charge in [0.2, 0.25) is 0 Å². The molecule has 0 spiro atoms. The minimum Gasteiger partial charge on any atom is -0.378 e. The second-order valence-corrected chi connectivity index (χ2v) is 16.1. The molecule has 20 heavy (non-hydrogen) atoms. The SMILES string of the molecule is C#C[Si](C)(C)C.[2H]C([2H])([2H])C(C)(O)C#C[Si](C)(C)C.[2H]C([2H])([2H])C(C)=O. The number of carbonyl (C=O) groups is 1. The summed E-state index contributed by atoms with van der Waals surface area (Å²) in [5, 5.41) is 9.50. The number of terminal acetylenes is 1. The Morgan fingerprint density at radius 2 is 1.55 bits per heavy atom. The van der Waals surface area contributed by atoms with E-state index in [0.29, 0.717) is 0 Å². The fourth-order valence-electron chi connectivity index (χ4n) is 0.309. The lowest BCUT2D eigenvalue weighted by Gasteiger charge is -2.09. The predicted octanol–water partition coefficient (Wildman–Crippen LogP) is 3.73. The van der Waals surface area contributed by atoms with Crippen molar-refractivity contribution in [2.75, 3.05) is 0 Å². The zero-order chi connectivity index (χ0) is 22.2. The highest BCUT2D eigenvalue weighted by Crippen LogP contribution is 2.01. The first kappa shape index (κ1) is 12.9. The van der Waals surface area contributed by atoms with Gasteiger partial charge in [0.1, 0.15) is 27.5 Å². The molecule has 0 rings (SSSR count). The Labute approximate surface area is 136 Å². The van der Waals surface area contributed by atoms with E-state index in [4.69, 9.17) is 14.6 Å². The van der Waals surface area contributed by atoms with Gasteiger partial charge in [0, 0.05) is 8.22 Å². The van der Waals surface area contributed by atoms with Gasteiger partial charge in [-0.15, -0.1) is 17.5 Å². The molecule has 0 aromatic rings. The maximum atomic E-state index is 9.90. The summed E-state index contributed by atoms with van der Waals surface area (Å²) in [6.45, 7) is 9.88. The van der Waals surface area contributed by atoms with Gasteiger partial charge in [0.15, 0.2) is 0 Å². The highest BCUT2D eigenvalue weighted by atomic mass is 28.3. The number of carbonyl (C=O) groups excluding carboxylic acids is 1. The van der Waals surface area contributed by atoms with Gasteiger partial charge in [0.05, 0.1) is 0 Å². The molecule has 0 radical (unpaired) electrons. The lowest BCUT2D eigenvalue weighted by Crippen LogP contribution is -2.21. The number of Topliss-reactive ketones (excluding diaryl/α,β-unsaturated/α-hetero) is 1. The van der Waals surface area contributed by atoms with Gasteiger partial charge in [-0.3, -0.25) is 0 Å². The van der Waals surface area contributed by atoms with Crippen molar-refractivity contribution in [3.63, 3.8) is 0 Å². The summed E-state index contributed by atoms with van der Waals surface area (Å²) < 4.78 is 40.2. The molecule has 1 N–H and O–H groups in total. The van der Waals surface area contributed by atoms with E-state index in [0.717, 1.165) is 6.92 Å². The second kappa shape index (κ2) is 9.99. The van der Waals surface area contributed by atoms with Crippen LogP contribution in [-0.4, -0.2) is 32.6 Å². The number of aliphatic hydroxyl groups is 1. The summed E-state index contributed by atoms with van der Waals surface area (Å²) in [6.07, 6.45) is 5.12. The quantitative estimate of drug-likeness (QED) is 0.546. The zero-order valence-electron chi connectivity index (χ0n) is 19.9. The van der Waals surface area contributed by atoms with Crippen LogP contribution < -0.4 is 0 Å². The van der Waals surface area contributed by atoms with Crippen molar-refractivity contribution in [3.8, 4) is 23.4 Å². The van der Waals surface area contributed by atoms with Crippen LogP contribution in [0.3, 0.4) is 0 Å². The molecule has 2 nitrogen and oxygen atoms in total. The third kappa shape index (κ3) is 53.4. The Bertz CT molecular complexity index is 547. The molecule has 1 atom stereocenters. The Balaban J connectivity index is -0.000000342. The van der Waals surface area contributed by atoms with Gasteiger partial charge in [-0.1, -0.05) is 45.2 Å². The standard InChI is InChI=1S/C8H16OSi.C5H10Si.C3H6O/c1-8(2,9)6-7-10(3,4)5;1-5-6(2,3)4;1-3(2)4/h9H,1-5H3;1H,2-4H3;1-2H3/i1D3;;1D3. The molecule has 116 valence electrons. The van der Waals surface area contributed by atoms with E-state index >= 15 is 0 Å². The van der Waals surface area contributed by atoms with Gasteiger partial charge in [-0.2, -0.15) is 0 Å². The minimum absolute atomic E-state index is 0.757. The van der Waals surface area contributed by atoms with Gasteiger partial charge in [-0.05, 0) is 27.6 Å². The molecule has 0 bridgehead atoms. The number of rotatable bonds is 0. The van der Waals surface area contributed by atoms with E-state index in [-0.39, 0.29) is 0 Å². The Hall–Kier alpha value is -0.816. The largest absolute Gasteiger partial charge is 0.378 e. The third-order valence-corrected chi connectivity index (χ3v) is 2.85. The molecular formula is C16H32O2Si2. The van der Waals surface area contributed by atoms with Crippen LogP contribution in [0, 0.1) is 23.4 Å². The van der Waals surface area contributed by atoms with Crippen molar-refractivity contribution < 1.29 is 18.1 Å². The van der Waals surface area contributed by atoms with Gasteiger partial charge < -0.3 is 9.90 Å².